The van der Waals surface area contributed by atoms with Crippen LogP contribution >= 0.6 is 23.2 Å². The average Bonchev–Trinajstić information content (AvgIpc) is 2.72. The summed E-state index contributed by atoms with van der Waals surface area (Å²) in [6.45, 7) is 1.85. The van der Waals surface area contributed by atoms with Crippen molar-refractivity contribution >= 4 is 52.5 Å². The van der Waals surface area contributed by atoms with Gasteiger partial charge < -0.3 is 10.6 Å². The maximum atomic E-state index is 13.0. The number of nitro groups is 1. The molecule has 0 heterocycles. The second-order valence-corrected chi connectivity index (χ2v) is 7.72. The molecule has 7 nitrogen and oxygen atoms in total. The molecular weight excluding hydrogens is 453 g/mol. The van der Waals surface area contributed by atoms with E-state index >= 15 is 0 Å². The maximum Gasteiger partial charge on any atom is 0.272 e. The highest BCUT2D eigenvalue weighted by Gasteiger charge is 2.16. The van der Waals surface area contributed by atoms with Crippen LogP contribution in [0.1, 0.15) is 21.5 Å². The summed E-state index contributed by atoms with van der Waals surface area (Å²) >= 11 is 12.0. The summed E-state index contributed by atoms with van der Waals surface area (Å²) in [5.74, 6) is -1.11. The molecule has 0 aliphatic heterocycles. The average molecular weight is 470 g/mol. The van der Waals surface area contributed by atoms with Crippen molar-refractivity contribution in [2.45, 2.75) is 6.92 Å². The largest absolute Gasteiger partial charge is 0.321 e. The van der Waals surface area contributed by atoms with Crippen LogP contribution < -0.4 is 10.6 Å². The van der Waals surface area contributed by atoms with Crippen LogP contribution in [0.25, 0.3) is 6.08 Å². The normalized spacial score (nSPS) is 11.0. The molecule has 162 valence electrons. The molecule has 0 atom stereocenters. The molecule has 3 rings (SSSR count). The monoisotopic (exact) mass is 469 g/mol. The van der Waals surface area contributed by atoms with Crippen molar-refractivity contribution in [1.82, 2.24) is 5.32 Å². The minimum absolute atomic E-state index is 0.0681. The minimum atomic E-state index is -0.623. The molecule has 0 saturated heterocycles. The van der Waals surface area contributed by atoms with Crippen LogP contribution in [0, 0.1) is 17.0 Å². The molecule has 2 N–H and O–H groups in total. The quantitative estimate of drug-likeness (QED) is 0.277. The van der Waals surface area contributed by atoms with E-state index in [4.69, 9.17) is 23.2 Å². The van der Waals surface area contributed by atoms with Crippen LogP contribution in [0.4, 0.5) is 11.4 Å². The van der Waals surface area contributed by atoms with Crippen LogP contribution in [0.5, 0.6) is 0 Å². The van der Waals surface area contributed by atoms with E-state index < -0.39 is 16.7 Å². The Labute approximate surface area is 193 Å². The molecule has 0 saturated carbocycles. The number of carbonyl (C=O) groups excluding carboxylic acids is 2. The van der Waals surface area contributed by atoms with Gasteiger partial charge in [-0.05, 0) is 61.0 Å². The third kappa shape index (κ3) is 6.16. The van der Waals surface area contributed by atoms with Gasteiger partial charge in [0.1, 0.15) is 5.70 Å². The number of anilines is 1. The van der Waals surface area contributed by atoms with E-state index in [-0.39, 0.29) is 11.4 Å². The van der Waals surface area contributed by atoms with E-state index in [0.29, 0.717) is 26.9 Å². The molecule has 0 spiro atoms. The Hall–Kier alpha value is -3.68. The number of aryl methyl sites for hydroxylation is 1. The highest BCUT2D eigenvalue weighted by Crippen LogP contribution is 2.23. The number of nitrogens with one attached hydrogen (secondary N) is 2. The van der Waals surface area contributed by atoms with Gasteiger partial charge >= 0.3 is 0 Å². The Bertz CT molecular complexity index is 1200. The predicted octanol–water partition coefficient (Wildman–Crippen LogP) is 5.62. The van der Waals surface area contributed by atoms with Gasteiger partial charge in [0.05, 0.1) is 4.92 Å². The van der Waals surface area contributed by atoms with Gasteiger partial charge in [0.25, 0.3) is 17.5 Å². The summed E-state index contributed by atoms with van der Waals surface area (Å²) in [6.07, 6.45) is 1.42. The smallest absolute Gasteiger partial charge is 0.272 e. The number of nitro benzene ring substituents is 1. The van der Waals surface area contributed by atoms with Crippen LogP contribution in [-0.4, -0.2) is 16.7 Å². The standard InChI is InChI=1S/C23H17Cl2N3O4/c1-14-3-2-4-16(9-14)22(29)27-21(10-15-5-7-20(8-6-15)28(31)32)23(30)26-19-12-17(24)11-18(25)13-19/h2-13H,1H3,(H,26,30)(H,27,29). The van der Waals surface area contributed by atoms with E-state index in [1.807, 2.05) is 13.0 Å². The summed E-state index contributed by atoms with van der Waals surface area (Å²) in [6, 6.07) is 17.0. The molecule has 0 aromatic heterocycles. The van der Waals surface area contributed by atoms with Crippen molar-refractivity contribution in [3.8, 4) is 0 Å². The van der Waals surface area contributed by atoms with Gasteiger partial charge in [-0.3, -0.25) is 19.7 Å². The molecule has 2 amide bonds. The van der Waals surface area contributed by atoms with Gasteiger partial charge in [0.2, 0.25) is 0 Å². The SMILES string of the molecule is Cc1cccc(C(=O)NC(=Cc2ccc([N+](=O)[O-])cc2)C(=O)Nc2cc(Cl)cc(Cl)c2)c1. The Balaban J connectivity index is 1.92. The maximum absolute atomic E-state index is 13.0. The van der Waals surface area contributed by atoms with E-state index in [1.165, 1.54) is 48.5 Å². The first kappa shape index (κ1) is 23.0. The Morgan fingerprint density at radius 2 is 1.62 bits per heavy atom. The lowest BCUT2D eigenvalue weighted by Gasteiger charge is -2.12. The lowest BCUT2D eigenvalue weighted by Crippen LogP contribution is -2.30. The first-order valence-corrected chi connectivity index (χ1v) is 10.1. The zero-order valence-corrected chi connectivity index (χ0v) is 18.3. The number of nitrogens with zero attached hydrogens (tertiary/aromatic N) is 1. The van der Waals surface area contributed by atoms with Crippen molar-refractivity contribution in [3.63, 3.8) is 0 Å². The third-order valence-corrected chi connectivity index (χ3v) is 4.74. The third-order valence-electron chi connectivity index (χ3n) is 4.31. The number of hydrogen-bond donors (Lipinski definition) is 2. The number of hydrogen-bond acceptors (Lipinski definition) is 4. The Morgan fingerprint density at radius 1 is 0.969 bits per heavy atom. The fourth-order valence-corrected chi connectivity index (χ4v) is 3.35. The van der Waals surface area contributed by atoms with E-state index in [9.17, 15) is 19.7 Å². The summed E-state index contributed by atoms with van der Waals surface area (Å²) < 4.78 is 0. The Kier molecular flexibility index (Phi) is 7.25. The highest BCUT2D eigenvalue weighted by atomic mass is 35.5. The van der Waals surface area contributed by atoms with Crippen LogP contribution in [0.2, 0.25) is 10.0 Å². The molecule has 0 radical (unpaired) electrons. The molecule has 0 bridgehead atoms. The van der Waals surface area contributed by atoms with Gasteiger partial charge in [-0.1, -0.05) is 40.9 Å². The molecule has 0 aliphatic rings. The molecule has 0 unspecified atom stereocenters. The zero-order chi connectivity index (χ0) is 23.3. The second kappa shape index (κ2) is 10.1. The lowest BCUT2D eigenvalue weighted by atomic mass is 10.1. The fourth-order valence-electron chi connectivity index (χ4n) is 2.82. The second-order valence-electron chi connectivity index (χ2n) is 6.84. The Morgan fingerprint density at radius 3 is 2.22 bits per heavy atom. The molecule has 9 heteroatoms. The summed E-state index contributed by atoms with van der Waals surface area (Å²) in [7, 11) is 0. The molecule has 3 aromatic rings. The van der Waals surface area contributed by atoms with Gasteiger partial charge in [0, 0.05) is 33.4 Å². The van der Waals surface area contributed by atoms with E-state index in [0.717, 1.165) is 5.56 Å². The van der Waals surface area contributed by atoms with Gasteiger partial charge in [0.15, 0.2) is 0 Å². The van der Waals surface area contributed by atoms with Gasteiger partial charge in [-0.15, -0.1) is 0 Å². The summed E-state index contributed by atoms with van der Waals surface area (Å²) in [5, 5.41) is 16.8. The van der Waals surface area contributed by atoms with Crippen LogP contribution in [0.15, 0.2) is 72.4 Å². The van der Waals surface area contributed by atoms with E-state index in [1.54, 1.807) is 18.2 Å². The number of carbonyl (C=O) groups is 2. The first-order valence-electron chi connectivity index (χ1n) is 9.33. The lowest BCUT2D eigenvalue weighted by molar-refractivity contribution is -0.384. The number of rotatable bonds is 6. The molecule has 0 fully saturated rings. The molecular formula is C23H17Cl2N3O4. The number of amides is 2. The molecule has 3 aromatic carbocycles. The van der Waals surface area contributed by atoms with Gasteiger partial charge in [-0.25, -0.2) is 0 Å². The minimum Gasteiger partial charge on any atom is -0.321 e. The first-order chi connectivity index (χ1) is 15.2. The van der Waals surface area contributed by atoms with Crippen molar-refractivity contribution in [2.75, 3.05) is 5.32 Å². The van der Waals surface area contributed by atoms with Gasteiger partial charge in [-0.2, -0.15) is 0 Å². The molecule has 32 heavy (non-hydrogen) atoms. The van der Waals surface area contributed by atoms with Crippen LogP contribution in [0.3, 0.4) is 0 Å². The van der Waals surface area contributed by atoms with Crippen molar-refractivity contribution in [3.05, 3.63) is 109 Å². The topological polar surface area (TPSA) is 101 Å². The predicted molar refractivity (Wildman–Crippen MR) is 125 cm³/mol. The molecule has 0 aliphatic carbocycles. The number of benzene rings is 3. The van der Waals surface area contributed by atoms with Crippen LogP contribution in [-0.2, 0) is 4.79 Å². The number of non-ortho nitro benzene ring substituents is 1. The summed E-state index contributed by atoms with van der Waals surface area (Å²) in [4.78, 5) is 36.1. The van der Waals surface area contributed by atoms with Crippen molar-refractivity contribution < 1.29 is 14.5 Å². The fraction of sp³-hybridized carbons (Fsp3) is 0.0435. The zero-order valence-electron chi connectivity index (χ0n) is 16.8. The number of halogens is 2. The summed E-state index contributed by atoms with van der Waals surface area (Å²) in [5.41, 5.74) is 1.92. The van der Waals surface area contributed by atoms with Crippen molar-refractivity contribution in [2.24, 2.45) is 0 Å². The highest BCUT2D eigenvalue weighted by molar-refractivity contribution is 6.35. The van der Waals surface area contributed by atoms with E-state index in [2.05, 4.69) is 10.6 Å². The van der Waals surface area contributed by atoms with Crippen molar-refractivity contribution in [1.29, 1.82) is 0 Å².